The molecule has 1 unspecified atom stereocenters. The molecule has 0 amide bonds. The van der Waals surface area contributed by atoms with Gasteiger partial charge in [0.25, 0.3) is 0 Å². The van der Waals surface area contributed by atoms with Gasteiger partial charge >= 0.3 is 0 Å². The van der Waals surface area contributed by atoms with Crippen molar-refractivity contribution < 1.29 is 9.47 Å². The first-order valence-electron chi connectivity index (χ1n) is 5.04. The molecular formula is C12H19NO2. The third-order valence-corrected chi connectivity index (χ3v) is 2.38. The van der Waals surface area contributed by atoms with Crippen molar-refractivity contribution in [3.63, 3.8) is 0 Å². The molecule has 0 N–H and O–H groups in total. The van der Waals surface area contributed by atoms with E-state index in [0.717, 1.165) is 11.3 Å². The molecular weight excluding hydrogens is 190 g/mol. The molecule has 1 rings (SSSR count). The smallest absolute Gasteiger partial charge is 0.118 e. The Kier molecular flexibility index (Phi) is 4.59. The SMILES string of the molecule is COc1ccc(COC(C)N(C)C)cc1. The maximum absolute atomic E-state index is 5.65. The van der Waals surface area contributed by atoms with E-state index in [4.69, 9.17) is 9.47 Å². The molecule has 0 aliphatic heterocycles. The molecule has 0 aliphatic carbocycles. The number of ether oxygens (including phenoxy) is 2. The van der Waals surface area contributed by atoms with Gasteiger partial charge in [-0.3, -0.25) is 4.90 Å². The fourth-order valence-corrected chi connectivity index (χ4v) is 1.09. The number of hydrogen-bond acceptors (Lipinski definition) is 3. The standard InChI is InChI=1S/C12H19NO2/c1-10(13(2)3)15-9-11-5-7-12(14-4)8-6-11/h5-8,10H,9H2,1-4H3. The third kappa shape index (κ3) is 3.90. The van der Waals surface area contributed by atoms with Gasteiger partial charge < -0.3 is 9.47 Å². The molecule has 0 fully saturated rings. The summed E-state index contributed by atoms with van der Waals surface area (Å²) in [5.41, 5.74) is 1.16. The van der Waals surface area contributed by atoms with Gasteiger partial charge in [-0.25, -0.2) is 0 Å². The summed E-state index contributed by atoms with van der Waals surface area (Å²) >= 11 is 0. The van der Waals surface area contributed by atoms with Gasteiger partial charge in [0, 0.05) is 0 Å². The number of benzene rings is 1. The Hall–Kier alpha value is -1.06. The van der Waals surface area contributed by atoms with Gasteiger partial charge in [-0.1, -0.05) is 12.1 Å². The van der Waals surface area contributed by atoms with Crippen molar-refractivity contribution in [3.05, 3.63) is 29.8 Å². The minimum absolute atomic E-state index is 0.132. The lowest BCUT2D eigenvalue weighted by Gasteiger charge is -2.20. The summed E-state index contributed by atoms with van der Waals surface area (Å²) in [5, 5.41) is 0. The van der Waals surface area contributed by atoms with Gasteiger partial charge in [-0.2, -0.15) is 0 Å². The molecule has 1 aromatic carbocycles. The van der Waals surface area contributed by atoms with Crippen LogP contribution in [-0.4, -0.2) is 32.3 Å². The maximum atomic E-state index is 5.65. The minimum atomic E-state index is 0.132. The van der Waals surface area contributed by atoms with Gasteiger partial charge in [0.1, 0.15) is 12.0 Å². The van der Waals surface area contributed by atoms with Crippen LogP contribution >= 0.6 is 0 Å². The summed E-state index contributed by atoms with van der Waals surface area (Å²) < 4.78 is 10.7. The van der Waals surface area contributed by atoms with Crippen LogP contribution in [0.2, 0.25) is 0 Å². The van der Waals surface area contributed by atoms with Crippen molar-refractivity contribution >= 4 is 0 Å². The van der Waals surface area contributed by atoms with Gasteiger partial charge in [-0.15, -0.1) is 0 Å². The molecule has 0 aliphatic rings. The Morgan fingerprint density at radius 3 is 2.27 bits per heavy atom. The predicted octanol–water partition coefficient (Wildman–Crippen LogP) is 2.12. The van der Waals surface area contributed by atoms with Gasteiger partial charge in [-0.05, 0) is 38.7 Å². The van der Waals surface area contributed by atoms with E-state index in [-0.39, 0.29) is 6.23 Å². The Balaban J connectivity index is 2.44. The van der Waals surface area contributed by atoms with Crippen molar-refractivity contribution in [3.8, 4) is 5.75 Å². The van der Waals surface area contributed by atoms with Crippen LogP contribution in [0.4, 0.5) is 0 Å². The minimum Gasteiger partial charge on any atom is -0.497 e. The molecule has 0 aromatic heterocycles. The average Bonchev–Trinajstić information content (AvgIpc) is 2.26. The van der Waals surface area contributed by atoms with E-state index >= 15 is 0 Å². The van der Waals surface area contributed by atoms with Crippen molar-refractivity contribution in [1.82, 2.24) is 4.90 Å². The fourth-order valence-electron chi connectivity index (χ4n) is 1.09. The summed E-state index contributed by atoms with van der Waals surface area (Å²) in [6, 6.07) is 7.92. The van der Waals surface area contributed by atoms with Crippen LogP contribution in [0.25, 0.3) is 0 Å². The second-order valence-corrected chi connectivity index (χ2v) is 3.72. The highest BCUT2D eigenvalue weighted by molar-refractivity contribution is 5.26. The van der Waals surface area contributed by atoms with Crippen LogP contribution in [0.3, 0.4) is 0 Å². The van der Waals surface area contributed by atoms with Crippen molar-refractivity contribution in [2.75, 3.05) is 21.2 Å². The Morgan fingerprint density at radius 2 is 1.80 bits per heavy atom. The Bertz CT molecular complexity index is 282. The molecule has 0 spiro atoms. The highest BCUT2D eigenvalue weighted by Gasteiger charge is 2.04. The van der Waals surface area contributed by atoms with E-state index in [1.54, 1.807) is 7.11 Å². The highest BCUT2D eigenvalue weighted by Crippen LogP contribution is 2.12. The topological polar surface area (TPSA) is 21.7 Å². The largest absolute Gasteiger partial charge is 0.497 e. The van der Waals surface area contributed by atoms with Crippen molar-refractivity contribution in [2.24, 2.45) is 0 Å². The van der Waals surface area contributed by atoms with Crippen LogP contribution in [0.1, 0.15) is 12.5 Å². The number of hydrogen-bond donors (Lipinski definition) is 0. The van der Waals surface area contributed by atoms with Gasteiger partial charge in [0.2, 0.25) is 0 Å². The predicted molar refractivity (Wildman–Crippen MR) is 60.9 cm³/mol. The molecule has 0 heterocycles. The lowest BCUT2D eigenvalue weighted by molar-refractivity contribution is -0.0329. The Morgan fingerprint density at radius 1 is 1.20 bits per heavy atom. The monoisotopic (exact) mass is 209 g/mol. The van der Waals surface area contributed by atoms with E-state index in [0.29, 0.717) is 6.61 Å². The molecule has 15 heavy (non-hydrogen) atoms. The zero-order valence-corrected chi connectivity index (χ0v) is 9.86. The zero-order valence-electron chi connectivity index (χ0n) is 9.86. The highest BCUT2D eigenvalue weighted by atomic mass is 16.5. The molecule has 1 atom stereocenters. The van der Waals surface area contributed by atoms with Crippen molar-refractivity contribution in [2.45, 2.75) is 19.8 Å². The summed E-state index contributed by atoms with van der Waals surface area (Å²) in [6.07, 6.45) is 0.132. The first-order chi connectivity index (χ1) is 7.13. The maximum Gasteiger partial charge on any atom is 0.118 e. The lowest BCUT2D eigenvalue weighted by atomic mass is 10.2. The average molecular weight is 209 g/mol. The summed E-state index contributed by atoms with van der Waals surface area (Å²) in [6.45, 7) is 2.66. The molecule has 3 heteroatoms. The van der Waals surface area contributed by atoms with Crippen molar-refractivity contribution in [1.29, 1.82) is 0 Å². The van der Waals surface area contributed by atoms with Crippen LogP contribution in [-0.2, 0) is 11.3 Å². The quantitative estimate of drug-likeness (QED) is 0.693. The summed E-state index contributed by atoms with van der Waals surface area (Å²) in [7, 11) is 5.66. The van der Waals surface area contributed by atoms with Crippen LogP contribution in [0.15, 0.2) is 24.3 Å². The number of methoxy groups -OCH3 is 1. The van der Waals surface area contributed by atoms with Crippen LogP contribution < -0.4 is 4.74 Å². The lowest BCUT2D eigenvalue weighted by Crippen LogP contribution is -2.27. The summed E-state index contributed by atoms with van der Waals surface area (Å²) in [4.78, 5) is 2.03. The van der Waals surface area contributed by atoms with E-state index in [2.05, 4.69) is 0 Å². The molecule has 0 saturated carbocycles. The first-order valence-corrected chi connectivity index (χ1v) is 5.04. The molecule has 0 radical (unpaired) electrons. The summed E-state index contributed by atoms with van der Waals surface area (Å²) in [5.74, 6) is 0.874. The molecule has 3 nitrogen and oxygen atoms in total. The molecule has 1 aromatic rings. The van der Waals surface area contributed by atoms with Crippen LogP contribution in [0, 0.1) is 0 Å². The third-order valence-electron chi connectivity index (χ3n) is 2.38. The van der Waals surface area contributed by atoms with E-state index < -0.39 is 0 Å². The molecule has 0 bridgehead atoms. The Labute approximate surface area is 91.6 Å². The van der Waals surface area contributed by atoms with E-state index in [9.17, 15) is 0 Å². The van der Waals surface area contributed by atoms with E-state index in [1.807, 2.05) is 50.2 Å². The van der Waals surface area contributed by atoms with Gasteiger partial charge in [0.05, 0.1) is 13.7 Å². The normalized spacial score (nSPS) is 12.9. The number of rotatable bonds is 5. The molecule has 84 valence electrons. The second kappa shape index (κ2) is 5.73. The molecule has 0 saturated heterocycles. The fraction of sp³-hybridized carbons (Fsp3) is 0.500. The zero-order chi connectivity index (χ0) is 11.3. The van der Waals surface area contributed by atoms with E-state index in [1.165, 1.54) is 0 Å². The van der Waals surface area contributed by atoms with Gasteiger partial charge in [0.15, 0.2) is 0 Å². The first kappa shape index (κ1) is 12.0. The van der Waals surface area contributed by atoms with Crippen LogP contribution in [0.5, 0.6) is 5.75 Å². The number of nitrogens with zero attached hydrogens (tertiary/aromatic N) is 1. The second-order valence-electron chi connectivity index (χ2n) is 3.72.